The average molecular weight is 340 g/mol. The van der Waals surface area contributed by atoms with Gasteiger partial charge in [0.1, 0.15) is 0 Å². The molecule has 5 heteroatoms. The summed E-state index contributed by atoms with van der Waals surface area (Å²) < 4.78 is 24.4. The molecular formula is C16H36O4Ti. The van der Waals surface area contributed by atoms with Crippen LogP contribution >= 0.6 is 0 Å². The van der Waals surface area contributed by atoms with E-state index in [0.29, 0.717) is 13.2 Å². The van der Waals surface area contributed by atoms with Crippen LogP contribution < -0.4 is 0 Å². The van der Waals surface area contributed by atoms with Crippen molar-refractivity contribution in [3.8, 4) is 0 Å². The zero-order valence-corrected chi connectivity index (χ0v) is 17.3. The van der Waals surface area contributed by atoms with E-state index in [4.69, 9.17) is 13.3 Å². The predicted octanol–water partition coefficient (Wildman–Crippen LogP) is 4.78. The first kappa shape index (κ1) is 21.6. The Morgan fingerprint density at radius 2 is 0.952 bits per heavy atom. The van der Waals surface area contributed by atoms with Gasteiger partial charge in [-0.25, -0.2) is 0 Å². The van der Waals surface area contributed by atoms with Crippen molar-refractivity contribution in [2.75, 3.05) is 13.2 Å². The van der Waals surface area contributed by atoms with Crippen molar-refractivity contribution >= 4 is 0 Å². The average Bonchev–Trinajstić information content (AvgIpc) is 2.20. The molecule has 0 unspecified atom stereocenters. The summed E-state index contributed by atoms with van der Waals surface area (Å²) in [6, 6.07) is 0. The maximum absolute atomic E-state index is 6.13. The molecule has 0 aliphatic rings. The van der Waals surface area contributed by atoms with Crippen LogP contribution in [0.3, 0.4) is 0 Å². The molecule has 0 atom stereocenters. The minimum absolute atomic E-state index is 0.0173. The molecule has 21 heavy (non-hydrogen) atoms. The molecule has 4 nitrogen and oxygen atoms in total. The van der Waals surface area contributed by atoms with E-state index in [-0.39, 0.29) is 23.0 Å². The molecular weight excluding hydrogens is 304 g/mol. The van der Waals surface area contributed by atoms with E-state index in [0.717, 1.165) is 0 Å². The Morgan fingerprint density at radius 1 is 0.667 bits per heavy atom. The Balaban J connectivity index is 5.10. The van der Waals surface area contributed by atoms with Crippen LogP contribution in [0.4, 0.5) is 0 Å². The third-order valence-corrected chi connectivity index (χ3v) is 6.05. The van der Waals surface area contributed by atoms with Gasteiger partial charge in [-0.05, 0) is 0 Å². The molecule has 0 bridgehead atoms. The van der Waals surface area contributed by atoms with Gasteiger partial charge >= 0.3 is 137 Å². The van der Waals surface area contributed by atoms with Crippen LogP contribution in [-0.2, 0) is 31.4 Å². The van der Waals surface area contributed by atoms with Crippen molar-refractivity contribution in [1.29, 1.82) is 0 Å². The fourth-order valence-corrected chi connectivity index (χ4v) is 5.74. The first-order valence-corrected chi connectivity index (χ1v) is 10.4. The molecule has 0 aliphatic heterocycles. The molecule has 0 heterocycles. The van der Waals surface area contributed by atoms with Gasteiger partial charge in [0, 0.05) is 0 Å². The zero-order valence-electron chi connectivity index (χ0n) is 15.7. The topological polar surface area (TPSA) is 36.9 Å². The fraction of sp³-hybridized carbons (Fsp3) is 1.00. The summed E-state index contributed by atoms with van der Waals surface area (Å²) >= 11 is -3.74. The molecule has 0 rings (SSSR count). The van der Waals surface area contributed by atoms with E-state index in [1.807, 2.05) is 27.7 Å². The second-order valence-electron chi connectivity index (χ2n) is 8.53. The monoisotopic (exact) mass is 340 g/mol. The van der Waals surface area contributed by atoms with Crippen LogP contribution in [0.15, 0.2) is 0 Å². The van der Waals surface area contributed by atoms with Crippen molar-refractivity contribution in [2.24, 2.45) is 10.8 Å². The van der Waals surface area contributed by atoms with E-state index in [9.17, 15) is 0 Å². The zero-order chi connectivity index (χ0) is 16.9. The summed E-state index contributed by atoms with van der Waals surface area (Å²) in [6.07, 6.45) is 0.0346. The fourth-order valence-electron chi connectivity index (χ4n) is 1.39. The quantitative estimate of drug-likeness (QED) is 0.596. The number of hydrogen-bond donors (Lipinski definition) is 0. The van der Waals surface area contributed by atoms with Gasteiger partial charge in [-0.15, -0.1) is 0 Å². The van der Waals surface area contributed by atoms with Crippen LogP contribution in [0.2, 0.25) is 0 Å². The van der Waals surface area contributed by atoms with E-state index in [1.165, 1.54) is 0 Å². The molecule has 0 aromatic rings. The Kier molecular flexibility index (Phi) is 8.64. The molecule has 0 aromatic heterocycles. The first-order chi connectivity index (χ1) is 9.25. The van der Waals surface area contributed by atoms with Gasteiger partial charge in [-0.3, -0.25) is 0 Å². The molecule has 0 fully saturated rings. The van der Waals surface area contributed by atoms with Gasteiger partial charge in [0.25, 0.3) is 0 Å². The van der Waals surface area contributed by atoms with Gasteiger partial charge in [0.2, 0.25) is 0 Å². The van der Waals surface area contributed by atoms with E-state index >= 15 is 0 Å². The third-order valence-electron chi connectivity index (χ3n) is 2.12. The van der Waals surface area contributed by atoms with Crippen molar-refractivity contribution in [3.63, 3.8) is 0 Å². The normalized spacial score (nSPS) is 14.3. The van der Waals surface area contributed by atoms with Crippen LogP contribution in [0, 0.1) is 10.8 Å². The molecule has 0 radical (unpaired) electrons. The summed E-state index contributed by atoms with van der Waals surface area (Å²) in [7, 11) is 0. The second kappa shape index (κ2) is 8.42. The number of hydrogen-bond acceptors (Lipinski definition) is 4. The molecule has 0 saturated carbocycles. The Morgan fingerprint density at radius 3 is 1.14 bits per heavy atom. The Hall–Kier alpha value is 0.554. The van der Waals surface area contributed by atoms with E-state index in [2.05, 4.69) is 41.5 Å². The summed E-state index contributed by atoms with van der Waals surface area (Å²) in [4.78, 5) is 0. The van der Waals surface area contributed by atoms with Gasteiger partial charge in [-0.1, -0.05) is 0 Å². The Bertz CT molecular complexity index is 260. The van der Waals surface area contributed by atoms with Gasteiger partial charge in [0.05, 0.1) is 0 Å². The van der Waals surface area contributed by atoms with Gasteiger partial charge < -0.3 is 0 Å². The van der Waals surface area contributed by atoms with Crippen molar-refractivity contribution < 1.29 is 31.4 Å². The van der Waals surface area contributed by atoms with Crippen LogP contribution in [-0.4, -0.2) is 25.4 Å². The Labute approximate surface area is 137 Å². The molecule has 0 aliphatic carbocycles. The third kappa shape index (κ3) is 11.7. The molecule has 0 amide bonds. The molecule has 0 saturated heterocycles. The molecule has 0 aromatic carbocycles. The van der Waals surface area contributed by atoms with Gasteiger partial charge in [-0.2, -0.15) is 0 Å². The van der Waals surface area contributed by atoms with E-state index in [1.54, 1.807) is 0 Å². The standard InChI is InChI=1S/2C5H11O.2C3H7O.Ti/c2*1-5(2,3)4-6;2*1-3(2)4;/h2*4H2,1-3H3;2*3H,1-2H3;/q4*-1;+4. The summed E-state index contributed by atoms with van der Waals surface area (Å²) in [5.41, 5.74) is 0.0878. The van der Waals surface area contributed by atoms with Crippen LogP contribution in [0.25, 0.3) is 0 Å². The second-order valence-corrected chi connectivity index (χ2v) is 11.7. The van der Waals surface area contributed by atoms with Crippen molar-refractivity contribution in [3.05, 3.63) is 0 Å². The summed E-state index contributed by atoms with van der Waals surface area (Å²) in [6.45, 7) is 21.9. The van der Waals surface area contributed by atoms with Crippen molar-refractivity contribution in [2.45, 2.75) is 81.4 Å². The first-order valence-electron chi connectivity index (χ1n) is 7.88. The van der Waals surface area contributed by atoms with Crippen molar-refractivity contribution in [1.82, 2.24) is 0 Å². The molecule has 0 spiro atoms. The predicted molar refractivity (Wildman–Crippen MR) is 83.3 cm³/mol. The van der Waals surface area contributed by atoms with Crippen LogP contribution in [0.1, 0.15) is 69.2 Å². The van der Waals surface area contributed by atoms with E-state index < -0.39 is 18.1 Å². The maximum atomic E-state index is 6.13. The molecule has 0 N–H and O–H groups in total. The minimum atomic E-state index is -3.74. The molecule has 128 valence electrons. The number of rotatable bonds is 8. The summed E-state index contributed by atoms with van der Waals surface area (Å²) in [5, 5.41) is 0. The summed E-state index contributed by atoms with van der Waals surface area (Å²) in [5.74, 6) is 0. The SMILES string of the molecule is CC(C)[O][Ti]([O]CC(C)(C)C)([O]CC(C)(C)C)[O]C(C)C. The van der Waals surface area contributed by atoms with Gasteiger partial charge in [0.15, 0.2) is 0 Å². The van der Waals surface area contributed by atoms with Crippen LogP contribution in [0.5, 0.6) is 0 Å².